The molecule has 0 saturated carbocycles. The summed E-state index contributed by atoms with van der Waals surface area (Å²) < 4.78 is 0. The fourth-order valence-corrected chi connectivity index (χ4v) is 2.39. The third kappa shape index (κ3) is 3.89. The predicted molar refractivity (Wildman–Crippen MR) is 94.7 cm³/mol. The van der Waals surface area contributed by atoms with Crippen LogP contribution in [-0.4, -0.2) is 0 Å². The summed E-state index contributed by atoms with van der Waals surface area (Å²) >= 11 is 0. The van der Waals surface area contributed by atoms with Crippen LogP contribution < -0.4 is 10.6 Å². The molecule has 0 aliphatic rings. The zero-order valence-electron chi connectivity index (χ0n) is 12.7. The third-order valence-electron chi connectivity index (χ3n) is 3.53. The first-order valence-corrected chi connectivity index (χ1v) is 7.51. The summed E-state index contributed by atoms with van der Waals surface area (Å²) in [5, 5.41) is 6.84. The maximum atomic E-state index is 3.45. The van der Waals surface area contributed by atoms with Crippen molar-refractivity contribution in [2.75, 3.05) is 10.6 Å². The van der Waals surface area contributed by atoms with Gasteiger partial charge in [0.15, 0.2) is 0 Å². The van der Waals surface area contributed by atoms with Crippen LogP contribution in [0.15, 0.2) is 78.9 Å². The van der Waals surface area contributed by atoms with Gasteiger partial charge in [-0.05, 0) is 48.9 Å². The average Bonchev–Trinajstić information content (AvgIpc) is 2.55. The summed E-state index contributed by atoms with van der Waals surface area (Å²) in [5.74, 6) is 0. The van der Waals surface area contributed by atoms with Crippen molar-refractivity contribution in [1.29, 1.82) is 0 Å². The minimum Gasteiger partial charge on any atom is -0.381 e. The molecule has 2 heteroatoms. The van der Waals surface area contributed by atoms with Crippen LogP contribution >= 0.6 is 0 Å². The van der Waals surface area contributed by atoms with Gasteiger partial charge in [0.1, 0.15) is 0 Å². The van der Waals surface area contributed by atoms with Crippen LogP contribution in [0.4, 0.5) is 17.1 Å². The molecule has 0 bridgehead atoms. The first kappa shape index (κ1) is 14.2. The smallest absolute Gasteiger partial charge is 0.0400 e. The molecule has 0 aromatic heterocycles. The number of anilines is 3. The molecule has 3 aromatic carbocycles. The van der Waals surface area contributed by atoms with E-state index in [1.165, 1.54) is 11.1 Å². The summed E-state index contributed by atoms with van der Waals surface area (Å²) in [4.78, 5) is 0. The van der Waals surface area contributed by atoms with E-state index < -0.39 is 0 Å². The van der Waals surface area contributed by atoms with Crippen molar-refractivity contribution in [2.45, 2.75) is 13.5 Å². The fraction of sp³-hybridized carbons (Fsp3) is 0.100. The highest BCUT2D eigenvalue weighted by atomic mass is 14.9. The van der Waals surface area contributed by atoms with Crippen molar-refractivity contribution in [3.05, 3.63) is 90.0 Å². The number of aryl methyl sites for hydroxylation is 1. The molecule has 0 aliphatic heterocycles. The standard InChI is InChI=1S/C20H20N2/c1-16-6-5-7-17(14-16)15-21-18-10-12-20(13-11-18)22-19-8-3-2-4-9-19/h2-14,21-22H,15H2,1H3. The van der Waals surface area contributed by atoms with Crippen LogP contribution in [0.25, 0.3) is 0 Å². The van der Waals surface area contributed by atoms with Crippen LogP contribution in [0.2, 0.25) is 0 Å². The maximum absolute atomic E-state index is 3.45. The van der Waals surface area contributed by atoms with Crippen molar-refractivity contribution in [3.8, 4) is 0 Å². The Morgan fingerprint density at radius 1 is 0.682 bits per heavy atom. The van der Waals surface area contributed by atoms with Crippen molar-refractivity contribution < 1.29 is 0 Å². The van der Waals surface area contributed by atoms with Crippen LogP contribution in [0.5, 0.6) is 0 Å². The van der Waals surface area contributed by atoms with Gasteiger partial charge in [0.05, 0.1) is 0 Å². The average molecular weight is 288 g/mol. The SMILES string of the molecule is Cc1cccc(CNc2ccc(Nc3ccccc3)cc2)c1. The number of rotatable bonds is 5. The van der Waals surface area contributed by atoms with E-state index in [9.17, 15) is 0 Å². The van der Waals surface area contributed by atoms with E-state index in [1.54, 1.807) is 0 Å². The molecule has 0 fully saturated rings. The normalized spacial score (nSPS) is 10.2. The summed E-state index contributed by atoms with van der Waals surface area (Å²) in [6.45, 7) is 2.96. The van der Waals surface area contributed by atoms with Gasteiger partial charge in [-0.25, -0.2) is 0 Å². The Kier molecular flexibility index (Phi) is 4.40. The van der Waals surface area contributed by atoms with Gasteiger partial charge in [0, 0.05) is 23.6 Å². The van der Waals surface area contributed by atoms with Crippen LogP contribution in [-0.2, 0) is 6.54 Å². The molecule has 0 spiro atoms. The Morgan fingerprint density at radius 2 is 1.36 bits per heavy atom. The Bertz CT molecular complexity index is 718. The lowest BCUT2D eigenvalue weighted by Gasteiger charge is -2.10. The minimum atomic E-state index is 0.840. The van der Waals surface area contributed by atoms with Crippen LogP contribution in [0.1, 0.15) is 11.1 Å². The highest BCUT2D eigenvalue weighted by Crippen LogP contribution is 2.19. The molecule has 2 N–H and O–H groups in total. The van der Waals surface area contributed by atoms with Gasteiger partial charge in [0.2, 0.25) is 0 Å². The first-order chi connectivity index (χ1) is 10.8. The number of para-hydroxylation sites is 1. The van der Waals surface area contributed by atoms with E-state index in [1.807, 2.05) is 18.2 Å². The molecule has 3 rings (SSSR count). The number of hydrogen-bond acceptors (Lipinski definition) is 2. The lowest BCUT2D eigenvalue weighted by molar-refractivity contribution is 1.14. The monoisotopic (exact) mass is 288 g/mol. The summed E-state index contributed by atoms with van der Waals surface area (Å²) in [7, 11) is 0. The molecule has 2 nitrogen and oxygen atoms in total. The van der Waals surface area contributed by atoms with Gasteiger partial charge in [-0.2, -0.15) is 0 Å². The number of nitrogens with one attached hydrogen (secondary N) is 2. The number of benzene rings is 3. The summed E-state index contributed by atoms with van der Waals surface area (Å²) in [5.41, 5.74) is 5.91. The Labute approximate surface area is 131 Å². The topological polar surface area (TPSA) is 24.1 Å². The van der Waals surface area contributed by atoms with Crippen LogP contribution in [0, 0.1) is 6.92 Å². The molecule has 0 aliphatic carbocycles. The maximum Gasteiger partial charge on any atom is 0.0400 e. The Hall–Kier alpha value is -2.74. The second-order valence-electron chi connectivity index (χ2n) is 5.41. The van der Waals surface area contributed by atoms with Gasteiger partial charge in [-0.3, -0.25) is 0 Å². The van der Waals surface area contributed by atoms with Crippen molar-refractivity contribution >= 4 is 17.1 Å². The summed E-state index contributed by atoms with van der Waals surface area (Å²) in [6.07, 6.45) is 0. The van der Waals surface area contributed by atoms with Crippen molar-refractivity contribution in [1.82, 2.24) is 0 Å². The van der Waals surface area contributed by atoms with E-state index in [2.05, 4.69) is 78.2 Å². The van der Waals surface area contributed by atoms with Gasteiger partial charge in [0.25, 0.3) is 0 Å². The van der Waals surface area contributed by atoms with E-state index in [4.69, 9.17) is 0 Å². The van der Waals surface area contributed by atoms with Gasteiger partial charge >= 0.3 is 0 Å². The van der Waals surface area contributed by atoms with Gasteiger partial charge in [-0.15, -0.1) is 0 Å². The molecule has 110 valence electrons. The van der Waals surface area contributed by atoms with E-state index >= 15 is 0 Å². The largest absolute Gasteiger partial charge is 0.381 e. The molecule has 3 aromatic rings. The molecule has 0 amide bonds. The van der Waals surface area contributed by atoms with Gasteiger partial charge < -0.3 is 10.6 Å². The number of hydrogen-bond donors (Lipinski definition) is 2. The fourth-order valence-electron chi connectivity index (χ4n) is 2.39. The lowest BCUT2D eigenvalue weighted by Crippen LogP contribution is -1.99. The van der Waals surface area contributed by atoms with E-state index in [0.717, 1.165) is 23.6 Å². The molecule has 0 radical (unpaired) electrons. The molecular weight excluding hydrogens is 268 g/mol. The first-order valence-electron chi connectivity index (χ1n) is 7.51. The molecule has 0 heterocycles. The highest BCUT2D eigenvalue weighted by Gasteiger charge is 1.97. The predicted octanol–water partition coefficient (Wildman–Crippen LogP) is 5.35. The Morgan fingerprint density at radius 3 is 2.09 bits per heavy atom. The highest BCUT2D eigenvalue weighted by molar-refractivity contribution is 5.62. The lowest BCUT2D eigenvalue weighted by atomic mass is 10.1. The second-order valence-corrected chi connectivity index (χ2v) is 5.41. The zero-order valence-corrected chi connectivity index (χ0v) is 12.7. The summed E-state index contributed by atoms with van der Waals surface area (Å²) in [6, 6.07) is 27.1. The minimum absolute atomic E-state index is 0.840. The van der Waals surface area contributed by atoms with E-state index in [-0.39, 0.29) is 0 Å². The van der Waals surface area contributed by atoms with Crippen LogP contribution in [0.3, 0.4) is 0 Å². The molecule has 22 heavy (non-hydrogen) atoms. The third-order valence-corrected chi connectivity index (χ3v) is 3.53. The second kappa shape index (κ2) is 6.81. The molecule has 0 atom stereocenters. The quantitative estimate of drug-likeness (QED) is 0.661. The Balaban J connectivity index is 1.60. The molecular formula is C20H20N2. The van der Waals surface area contributed by atoms with E-state index in [0.29, 0.717) is 0 Å². The zero-order chi connectivity index (χ0) is 15.2. The van der Waals surface area contributed by atoms with Crippen molar-refractivity contribution in [3.63, 3.8) is 0 Å². The van der Waals surface area contributed by atoms with Crippen molar-refractivity contribution in [2.24, 2.45) is 0 Å². The van der Waals surface area contributed by atoms with Gasteiger partial charge in [-0.1, -0.05) is 48.0 Å². The molecule has 0 unspecified atom stereocenters. The molecule has 0 saturated heterocycles.